The Balaban J connectivity index is 0.967. The molecule has 0 atom stereocenters. The minimum absolute atomic E-state index is 1.04. The van der Waals surface area contributed by atoms with Crippen LogP contribution in [-0.4, -0.2) is 0 Å². The van der Waals surface area contributed by atoms with E-state index in [9.17, 15) is 0 Å². The van der Waals surface area contributed by atoms with E-state index in [2.05, 4.69) is 311 Å². The molecule has 0 aliphatic heterocycles. The fraction of sp³-hybridized carbons (Fsp3) is 0. The van der Waals surface area contributed by atoms with Crippen molar-refractivity contribution in [3.63, 3.8) is 0 Å². The van der Waals surface area contributed by atoms with Gasteiger partial charge in [0.1, 0.15) is 0 Å². The van der Waals surface area contributed by atoms with Crippen molar-refractivity contribution in [1.82, 2.24) is 0 Å². The zero-order chi connectivity index (χ0) is 46.6. The molecule has 12 aromatic rings. The Hall–Kier alpha value is -9.38. The van der Waals surface area contributed by atoms with Crippen LogP contribution in [0.2, 0.25) is 0 Å². The van der Waals surface area contributed by atoms with Crippen molar-refractivity contribution in [3.05, 3.63) is 291 Å². The van der Waals surface area contributed by atoms with Crippen LogP contribution in [0.5, 0.6) is 0 Å². The number of benzene rings is 12. The van der Waals surface area contributed by atoms with Crippen molar-refractivity contribution < 1.29 is 0 Å². The van der Waals surface area contributed by atoms with E-state index >= 15 is 0 Å². The van der Waals surface area contributed by atoms with E-state index in [0.717, 1.165) is 68.2 Å². The second-order valence-electron chi connectivity index (χ2n) is 17.5. The number of anilines is 12. The second-order valence-corrected chi connectivity index (χ2v) is 17.5. The molecule has 0 unspecified atom stereocenters. The van der Waals surface area contributed by atoms with Crippen molar-refractivity contribution in [1.29, 1.82) is 0 Å². The number of rotatable bonds is 12. The van der Waals surface area contributed by atoms with Gasteiger partial charge < -0.3 is 19.6 Å². The van der Waals surface area contributed by atoms with Gasteiger partial charge in [0, 0.05) is 68.2 Å². The van der Waals surface area contributed by atoms with E-state index in [4.69, 9.17) is 0 Å². The molecule has 0 aliphatic carbocycles. The van der Waals surface area contributed by atoms with Crippen LogP contribution < -0.4 is 19.6 Å². The normalized spacial score (nSPS) is 11.1. The third-order valence-corrected chi connectivity index (χ3v) is 13.1. The lowest BCUT2D eigenvalue weighted by Crippen LogP contribution is -2.14. The largest absolute Gasteiger partial charge is 0.311 e. The monoisotopic (exact) mass is 896 g/mol. The highest BCUT2D eigenvalue weighted by Gasteiger charge is 2.20. The Bertz CT molecular complexity index is 3590. The third kappa shape index (κ3) is 8.36. The van der Waals surface area contributed by atoms with Gasteiger partial charge in [0.05, 0.1) is 0 Å². The Morgan fingerprint density at radius 1 is 0.129 bits per heavy atom. The summed E-state index contributed by atoms with van der Waals surface area (Å²) < 4.78 is 0. The molecule has 0 radical (unpaired) electrons. The van der Waals surface area contributed by atoms with Crippen molar-refractivity contribution in [3.8, 4) is 0 Å². The zero-order valence-corrected chi connectivity index (χ0v) is 38.5. The highest BCUT2D eigenvalue weighted by Crippen LogP contribution is 2.44. The fourth-order valence-corrected chi connectivity index (χ4v) is 9.72. The van der Waals surface area contributed by atoms with Crippen molar-refractivity contribution >= 4 is 101 Å². The molecule has 0 spiro atoms. The van der Waals surface area contributed by atoms with E-state index in [1.807, 2.05) is 0 Å². The average Bonchev–Trinajstić information content (AvgIpc) is 3.43. The molecule has 0 amide bonds. The van der Waals surface area contributed by atoms with Gasteiger partial charge in [0.25, 0.3) is 0 Å². The Labute approximate surface area is 409 Å². The maximum Gasteiger partial charge on any atom is 0.0468 e. The molecule has 12 rings (SSSR count). The Kier molecular flexibility index (Phi) is 11.2. The van der Waals surface area contributed by atoms with E-state index in [1.165, 1.54) is 32.3 Å². The van der Waals surface area contributed by atoms with Crippen LogP contribution in [0.1, 0.15) is 0 Å². The lowest BCUT2D eigenvalue weighted by Gasteiger charge is -2.30. The quantitative estimate of drug-likeness (QED) is 0.121. The molecule has 0 aromatic heterocycles. The molecule has 70 heavy (non-hydrogen) atoms. The summed E-state index contributed by atoms with van der Waals surface area (Å²) in [6.07, 6.45) is 0. The van der Waals surface area contributed by atoms with E-state index in [-0.39, 0.29) is 0 Å². The molecule has 332 valence electrons. The van der Waals surface area contributed by atoms with Crippen LogP contribution in [-0.2, 0) is 0 Å². The molecule has 0 saturated heterocycles. The lowest BCUT2D eigenvalue weighted by atomic mass is 10.1. The smallest absolute Gasteiger partial charge is 0.0468 e. The zero-order valence-electron chi connectivity index (χ0n) is 38.5. The molecular weight excluding hydrogens is 849 g/mol. The third-order valence-electron chi connectivity index (χ3n) is 13.1. The van der Waals surface area contributed by atoms with Gasteiger partial charge >= 0.3 is 0 Å². The molecule has 4 heteroatoms. The van der Waals surface area contributed by atoms with Crippen molar-refractivity contribution in [2.75, 3.05) is 19.6 Å². The predicted octanol–water partition coefficient (Wildman–Crippen LogP) is 19.0. The summed E-state index contributed by atoms with van der Waals surface area (Å²) >= 11 is 0. The summed E-state index contributed by atoms with van der Waals surface area (Å²) in [7, 11) is 0. The van der Waals surface area contributed by atoms with Gasteiger partial charge in [-0.3, -0.25) is 0 Å². The Morgan fingerprint density at radius 2 is 0.300 bits per heavy atom. The van der Waals surface area contributed by atoms with Crippen LogP contribution >= 0.6 is 0 Å². The maximum atomic E-state index is 2.36. The topological polar surface area (TPSA) is 13.0 Å². The number of fused-ring (bicyclic) bond motifs is 3. The molecule has 4 nitrogen and oxygen atoms in total. The second kappa shape index (κ2) is 18.7. The molecule has 12 aromatic carbocycles. The van der Waals surface area contributed by atoms with Gasteiger partial charge in [-0.25, -0.2) is 0 Å². The standard InChI is InChI=1S/C66H48N4/c1-4-22-55(23-5-1)67(56-24-6-2-7-25-56)58-34-36-59(37-35-58)68(60-38-42-62(43-39-60)69(57-26-8-3-9-27-57)64-31-28-49-16-10-13-19-52(49)46-64)61-40-44-63(45-41-61)70(65-32-29-50-17-11-14-20-53(50)47-65)66-33-30-51-18-12-15-21-54(51)48-66/h1-48H. The maximum absolute atomic E-state index is 2.36. The van der Waals surface area contributed by atoms with Gasteiger partial charge in [0.2, 0.25) is 0 Å². The number of hydrogen-bond donors (Lipinski definition) is 0. The first-order chi connectivity index (χ1) is 34.7. The van der Waals surface area contributed by atoms with Crippen LogP contribution in [0.15, 0.2) is 291 Å². The molecule has 0 heterocycles. The summed E-state index contributed by atoms with van der Waals surface area (Å²) in [5.74, 6) is 0. The average molecular weight is 897 g/mol. The summed E-state index contributed by atoms with van der Waals surface area (Å²) in [5, 5.41) is 7.25. The number of hydrogen-bond acceptors (Lipinski definition) is 4. The van der Waals surface area contributed by atoms with E-state index in [1.54, 1.807) is 0 Å². The van der Waals surface area contributed by atoms with Gasteiger partial charge in [-0.2, -0.15) is 0 Å². The van der Waals surface area contributed by atoms with Gasteiger partial charge in [-0.1, -0.05) is 146 Å². The van der Waals surface area contributed by atoms with Crippen LogP contribution in [0.4, 0.5) is 68.2 Å². The van der Waals surface area contributed by atoms with Crippen molar-refractivity contribution in [2.24, 2.45) is 0 Å². The molecular formula is C66H48N4. The minimum atomic E-state index is 1.04. The molecule has 0 bridgehead atoms. The van der Waals surface area contributed by atoms with E-state index in [0.29, 0.717) is 0 Å². The molecule has 0 fully saturated rings. The van der Waals surface area contributed by atoms with Crippen molar-refractivity contribution in [2.45, 2.75) is 0 Å². The van der Waals surface area contributed by atoms with Gasteiger partial charge in [0.15, 0.2) is 0 Å². The molecule has 0 N–H and O–H groups in total. The SMILES string of the molecule is c1ccc(N(c2ccccc2)c2ccc(N(c3ccc(N(c4ccccc4)c4ccc5ccccc5c4)cc3)c3ccc(N(c4ccc5ccccc5c4)c4ccc5ccccc5c4)cc3)cc2)cc1. The summed E-state index contributed by atoms with van der Waals surface area (Å²) in [4.78, 5) is 9.35. The first kappa shape index (κ1) is 42.0. The first-order valence-corrected chi connectivity index (χ1v) is 23.8. The predicted molar refractivity (Wildman–Crippen MR) is 298 cm³/mol. The molecule has 0 aliphatic rings. The van der Waals surface area contributed by atoms with Crippen LogP contribution in [0.25, 0.3) is 32.3 Å². The van der Waals surface area contributed by atoms with E-state index < -0.39 is 0 Å². The fourth-order valence-electron chi connectivity index (χ4n) is 9.72. The highest BCUT2D eigenvalue weighted by molar-refractivity contribution is 5.94. The highest BCUT2D eigenvalue weighted by atomic mass is 15.2. The van der Waals surface area contributed by atoms with Crippen LogP contribution in [0, 0.1) is 0 Å². The Morgan fingerprint density at radius 3 is 0.557 bits per heavy atom. The summed E-state index contributed by atoms with van der Waals surface area (Å²) in [6.45, 7) is 0. The van der Waals surface area contributed by atoms with Gasteiger partial charge in [-0.15, -0.1) is 0 Å². The summed E-state index contributed by atoms with van der Waals surface area (Å²) in [6, 6.07) is 104. The van der Waals surface area contributed by atoms with Crippen LogP contribution in [0.3, 0.4) is 0 Å². The summed E-state index contributed by atoms with van der Waals surface area (Å²) in [5.41, 5.74) is 12.9. The molecule has 0 saturated carbocycles. The first-order valence-electron chi connectivity index (χ1n) is 23.8. The number of nitrogens with zero attached hydrogens (tertiary/aromatic N) is 4. The minimum Gasteiger partial charge on any atom is -0.311 e. The van der Waals surface area contributed by atoms with Gasteiger partial charge in [-0.05, 0) is 178 Å². The number of para-hydroxylation sites is 3. The lowest BCUT2D eigenvalue weighted by molar-refractivity contribution is 1.24.